The second kappa shape index (κ2) is 11.5. The first-order valence-electron chi connectivity index (χ1n) is 9.73. The van der Waals surface area contributed by atoms with Crippen molar-refractivity contribution in [2.75, 3.05) is 13.1 Å². The van der Waals surface area contributed by atoms with E-state index in [4.69, 9.17) is 4.74 Å². The Labute approximate surface area is 164 Å². The summed E-state index contributed by atoms with van der Waals surface area (Å²) in [6, 6.07) is 6.19. The van der Waals surface area contributed by atoms with Crippen LogP contribution in [0.25, 0.3) is 0 Å². The normalized spacial score (nSPS) is 19.2. The van der Waals surface area contributed by atoms with Gasteiger partial charge in [0, 0.05) is 18.5 Å². The number of hydrogen-bond donors (Lipinski definition) is 2. The van der Waals surface area contributed by atoms with Crippen LogP contribution in [-0.4, -0.2) is 25.1 Å². The molecule has 3 atom stereocenters. The SMILES string of the molecule is CCC(C)Oc1cc(C)ccc1CNC(=O)CC(C)C1CCCNC1.Cl. The molecule has 1 aliphatic rings. The summed E-state index contributed by atoms with van der Waals surface area (Å²) in [4.78, 5) is 12.4. The van der Waals surface area contributed by atoms with Crippen molar-refractivity contribution in [1.29, 1.82) is 0 Å². The highest BCUT2D eigenvalue weighted by Crippen LogP contribution is 2.24. The van der Waals surface area contributed by atoms with E-state index in [1.165, 1.54) is 18.4 Å². The summed E-state index contributed by atoms with van der Waals surface area (Å²) >= 11 is 0. The molecule has 2 rings (SSSR count). The molecule has 2 N–H and O–H groups in total. The number of benzene rings is 1. The van der Waals surface area contributed by atoms with E-state index in [0.717, 1.165) is 30.8 Å². The molecule has 1 amide bonds. The number of aryl methyl sites for hydroxylation is 1. The number of rotatable bonds is 8. The van der Waals surface area contributed by atoms with Gasteiger partial charge >= 0.3 is 0 Å². The lowest BCUT2D eigenvalue weighted by molar-refractivity contribution is -0.122. The first kappa shape index (κ1) is 22.8. The number of carbonyl (C=O) groups excluding carboxylic acids is 1. The van der Waals surface area contributed by atoms with Crippen molar-refractivity contribution in [3.8, 4) is 5.75 Å². The first-order chi connectivity index (χ1) is 12.0. The third kappa shape index (κ3) is 7.16. The standard InChI is InChI=1S/C21H34N2O2.ClH/c1-5-17(4)25-20-11-15(2)8-9-19(20)14-23-21(24)12-16(3)18-7-6-10-22-13-18;/h8-9,11,16-18,22H,5-7,10,12-14H2,1-4H3,(H,23,24);1H. The average Bonchev–Trinajstić information content (AvgIpc) is 2.61. The topological polar surface area (TPSA) is 50.4 Å². The molecule has 1 aliphatic heterocycles. The molecule has 0 aliphatic carbocycles. The summed E-state index contributed by atoms with van der Waals surface area (Å²) in [5, 5.41) is 6.52. The smallest absolute Gasteiger partial charge is 0.220 e. The maximum Gasteiger partial charge on any atom is 0.220 e. The van der Waals surface area contributed by atoms with E-state index in [2.05, 4.69) is 56.5 Å². The molecule has 1 aromatic carbocycles. The fraction of sp³-hybridized carbons (Fsp3) is 0.667. The van der Waals surface area contributed by atoms with Crippen LogP contribution in [-0.2, 0) is 11.3 Å². The minimum Gasteiger partial charge on any atom is -0.490 e. The Hall–Kier alpha value is -1.26. The maximum atomic E-state index is 12.4. The summed E-state index contributed by atoms with van der Waals surface area (Å²) in [5.74, 6) is 2.05. The predicted octanol–water partition coefficient (Wildman–Crippen LogP) is 4.24. The summed E-state index contributed by atoms with van der Waals surface area (Å²) in [6.07, 6.45) is 4.18. The number of carbonyl (C=O) groups is 1. The molecule has 4 nitrogen and oxygen atoms in total. The zero-order chi connectivity index (χ0) is 18.2. The van der Waals surface area contributed by atoms with Crippen LogP contribution in [0.3, 0.4) is 0 Å². The minimum absolute atomic E-state index is 0. The lowest BCUT2D eigenvalue weighted by atomic mass is 9.85. The van der Waals surface area contributed by atoms with Gasteiger partial charge in [0.05, 0.1) is 6.10 Å². The Morgan fingerprint density at radius 2 is 2.15 bits per heavy atom. The first-order valence-corrected chi connectivity index (χ1v) is 9.73. The molecule has 0 bridgehead atoms. The third-order valence-corrected chi connectivity index (χ3v) is 5.25. The largest absolute Gasteiger partial charge is 0.490 e. The van der Waals surface area contributed by atoms with Crippen LogP contribution in [0.2, 0.25) is 0 Å². The van der Waals surface area contributed by atoms with Gasteiger partial charge in [-0.15, -0.1) is 12.4 Å². The number of halogens is 1. The molecule has 5 heteroatoms. The minimum atomic E-state index is 0. The second-order valence-electron chi connectivity index (χ2n) is 7.51. The van der Waals surface area contributed by atoms with Crippen molar-refractivity contribution in [1.82, 2.24) is 10.6 Å². The Morgan fingerprint density at radius 3 is 2.81 bits per heavy atom. The number of ether oxygens (including phenoxy) is 1. The monoisotopic (exact) mass is 382 g/mol. The molecule has 26 heavy (non-hydrogen) atoms. The maximum absolute atomic E-state index is 12.4. The number of nitrogens with one attached hydrogen (secondary N) is 2. The van der Waals surface area contributed by atoms with E-state index in [9.17, 15) is 4.79 Å². The van der Waals surface area contributed by atoms with E-state index >= 15 is 0 Å². The van der Waals surface area contributed by atoms with Crippen LogP contribution in [0.1, 0.15) is 57.6 Å². The Kier molecular flexibility index (Phi) is 10.0. The third-order valence-electron chi connectivity index (χ3n) is 5.25. The van der Waals surface area contributed by atoms with Crippen LogP contribution in [0, 0.1) is 18.8 Å². The van der Waals surface area contributed by atoms with Crippen molar-refractivity contribution >= 4 is 18.3 Å². The van der Waals surface area contributed by atoms with Crippen molar-refractivity contribution < 1.29 is 9.53 Å². The Balaban J connectivity index is 0.00000338. The van der Waals surface area contributed by atoms with E-state index in [1.54, 1.807) is 0 Å². The molecule has 1 saturated heterocycles. The van der Waals surface area contributed by atoms with E-state index in [-0.39, 0.29) is 24.4 Å². The zero-order valence-corrected chi connectivity index (χ0v) is 17.5. The molecule has 3 unspecified atom stereocenters. The van der Waals surface area contributed by atoms with Crippen LogP contribution in [0.4, 0.5) is 0 Å². The quantitative estimate of drug-likeness (QED) is 0.707. The molecule has 0 spiro atoms. The summed E-state index contributed by atoms with van der Waals surface area (Å²) in [7, 11) is 0. The van der Waals surface area contributed by atoms with Gasteiger partial charge < -0.3 is 15.4 Å². The highest BCUT2D eigenvalue weighted by atomic mass is 35.5. The zero-order valence-electron chi connectivity index (χ0n) is 16.6. The molecule has 1 fully saturated rings. The van der Waals surface area contributed by atoms with Crippen LogP contribution in [0.5, 0.6) is 5.75 Å². The molecule has 0 radical (unpaired) electrons. The van der Waals surface area contributed by atoms with E-state index < -0.39 is 0 Å². The van der Waals surface area contributed by atoms with Crippen LogP contribution >= 0.6 is 12.4 Å². The van der Waals surface area contributed by atoms with Gasteiger partial charge in [0.25, 0.3) is 0 Å². The lowest BCUT2D eigenvalue weighted by Crippen LogP contribution is -2.35. The molecule has 148 valence electrons. The van der Waals surface area contributed by atoms with Crippen molar-refractivity contribution in [2.45, 2.75) is 66.0 Å². The molecule has 0 saturated carbocycles. The summed E-state index contributed by atoms with van der Waals surface area (Å²) in [5.41, 5.74) is 2.22. The second-order valence-corrected chi connectivity index (χ2v) is 7.51. The van der Waals surface area contributed by atoms with Gasteiger partial charge in [-0.25, -0.2) is 0 Å². The van der Waals surface area contributed by atoms with Crippen LogP contribution < -0.4 is 15.4 Å². The Morgan fingerprint density at radius 1 is 1.38 bits per heavy atom. The van der Waals surface area contributed by atoms with Gasteiger partial charge in [0.2, 0.25) is 5.91 Å². The van der Waals surface area contributed by atoms with Crippen LogP contribution in [0.15, 0.2) is 18.2 Å². The predicted molar refractivity (Wildman–Crippen MR) is 110 cm³/mol. The highest BCUT2D eigenvalue weighted by molar-refractivity contribution is 5.85. The average molecular weight is 383 g/mol. The number of amides is 1. The van der Waals surface area contributed by atoms with Gasteiger partial charge in [-0.2, -0.15) is 0 Å². The van der Waals surface area contributed by atoms with Gasteiger partial charge in [-0.05, 0) is 69.7 Å². The summed E-state index contributed by atoms with van der Waals surface area (Å²) in [6.45, 7) is 11.1. The van der Waals surface area contributed by atoms with Crippen molar-refractivity contribution in [3.05, 3.63) is 29.3 Å². The fourth-order valence-electron chi connectivity index (χ4n) is 3.31. The molecule has 1 heterocycles. The number of piperidine rings is 1. The lowest BCUT2D eigenvalue weighted by Gasteiger charge is -2.28. The van der Waals surface area contributed by atoms with E-state index in [1.807, 2.05) is 0 Å². The van der Waals surface area contributed by atoms with Gasteiger partial charge in [-0.3, -0.25) is 4.79 Å². The van der Waals surface area contributed by atoms with E-state index in [0.29, 0.717) is 24.8 Å². The Bertz CT molecular complexity index is 559. The van der Waals surface area contributed by atoms with Crippen molar-refractivity contribution in [2.24, 2.45) is 11.8 Å². The van der Waals surface area contributed by atoms with Crippen molar-refractivity contribution in [3.63, 3.8) is 0 Å². The molecule has 1 aromatic rings. The fourth-order valence-corrected chi connectivity index (χ4v) is 3.31. The highest BCUT2D eigenvalue weighted by Gasteiger charge is 2.22. The van der Waals surface area contributed by atoms with Gasteiger partial charge in [0.1, 0.15) is 5.75 Å². The summed E-state index contributed by atoms with van der Waals surface area (Å²) < 4.78 is 6.02. The molecule has 0 aromatic heterocycles. The molecular formula is C21H35ClN2O2. The molecular weight excluding hydrogens is 348 g/mol. The van der Waals surface area contributed by atoms with Gasteiger partial charge in [-0.1, -0.05) is 26.0 Å². The number of hydrogen-bond acceptors (Lipinski definition) is 3. The van der Waals surface area contributed by atoms with Gasteiger partial charge in [0.15, 0.2) is 0 Å².